The second kappa shape index (κ2) is 4.09. The Bertz CT molecular complexity index is 762. The number of pyridine rings is 1. The molecule has 3 aromatic rings. The Morgan fingerprint density at radius 2 is 1.84 bits per heavy atom. The first-order chi connectivity index (χ1) is 9.16. The van der Waals surface area contributed by atoms with E-state index in [-0.39, 0.29) is 17.0 Å². The van der Waals surface area contributed by atoms with E-state index in [2.05, 4.69) is 10.2 Å². The zero-order chi connectivity index (χ0) is 13.4. The van der Waals surface area contributed by atoms with Gasteiger partial charge in [-0.05, 0) is 36.4 Å². The van der Waals surface area contributed by atoms with Crippen molar-refractivity contribution in [2.24, 2.45) is 0 Å². The topological polar surface area (TPSA) is 87.7 Å². The molecular weight excluding hydrogens is 246 g/mol. The van der Waals surface area contributed by atoms with E-state index in [1.54, 1.807) is 28.8 Å². The van der Waals surface area contributed by atoms with Crippen LogP contribution in [0.2, 0.25) is 0 Å². The molecule has 0 aliphatic heterocycles. The summed E-state index contributed by atoms with van der Waals surface area (Å²) in [4.78, 5) is 11.1. The van der Waals surface area contributed by atoms with E-state index >= 15 is 0 Å². The van der Waals surface area contributed by atoms with Gasteiger partial charge < -0.3 is 10.2 Å². The highest BCUT2D eigenvalue weighted by Gasteiger charge is 2.14. The third-order valence-electron chi connectivity index (χ3n) is 2.79. The average Bonchev–Trinajstić information content (AvgIpc) is 2.83. The molecule has 1 aromatic carbocycles. The highest BCUT2D eigenvalue weighted by atomic mass is 16.4. The maximum atomic E-state index is 11.1. The van der Waals surface area contributed by atoms with Gasteiger partial charge >= 0.3 is 5.97 Å². The van der Waals surface area contributed by atoms with Gasteiger partial charge in [0.05, 0.1) is 0 Å². The summed E-state index contributed by atoms with van der Waals surface area (Å²) in [5.74, 6) is -0.364. The molecule has 0 saturated carbocycles. The number of carboxylic acid groups (broad SMARTS) is 1. The fourth-order valence-electron chi connectivity index (χ4n) is 1.89. The van der Waals surface area contributed by atoms with Gasteiger partial charge in [0.25, 0.3) is 0 Å². The van der Waals surface area contributed by atoms with Gasteiger partial charge in [-0.25, -0.2) is 4.79 Å². The van der Waals surface area contributed by atoms with Crippen molar-refractivity contribution in [1.29, 1.82) is 0 Å². The van der Waals surface area contributed by atoms with Crippen molar-refractivity contribution in [1.82, 2.24) is 14.6 Å². The van der Waals surface area contributed by atoms with E-state index in [1.807, 2.05) is 0 Å². The number of aromatic nitrogens is 3. The van der Waals surface area contributed by atoms with Crippen LogP contribution in [0.1, 0.15) is 10.4 Å². The largest absolute Gasteiger partial charge is 0.508 e. The minimum absolute atomic E-state index is 0.0972. The standard InChI is InChI=1S/C13H9N3O3/c17-9-5-3-8(4-6-9)11-14-15-12-10(13(18)19)2-1-7-16(11)12/h1-7,17H,(H,18,19). The number of aromatic carboxylic acids is 1. The number of carboxylic acids is 1. The Morgan fingerprint density at radius 3 is 2.53 bits per heavy atom. The van der Waals surface area contributed by atoms with Crippen LogP contribution in [-0.4, -0.2) is 30.8 Å². The Morgan fingerprint density at radius 1 is 1.11 bits per heavy atom. The maximum absolute atomic E-state index is 11.1. The van der Waals surface area contributed by atoms with Gasteiger partial charge in [0.1, 0.15) is 11.3 Å². The molecule has 0 radical (unpaired) electrons. The molecule has 0 bridgehead atoms. The highest BCUT2D eigenvalue weighted by molar-refractivity contribution is 5.94. The molecule has 19 heavy (non-hydrogen) atoms. The van der Waals surface area contributed by atoms with E-state index in [0.29, 0.717) is 5.82 Å². The number of aromatic hydroxyl groups is 1. The van der Waals surface area contributed by atoms with Crippen molar-refractivity contribution in [3.05, 3.63) is 48.2 Å². The second-order valence-corrected chi connectivity index (χ2v) is 3.99. The van der Waals surface area contributed by atoms with Crippen LogP contribution in [0, 0.1) is 0 Å². The van der Waals surface area contributed by atoms with Gasteiger partial charge in [0.15, 0.2) is 11.5 Å². The Kier molecular flexibility index (Phi) is 2.42. The van der Waals surface area contributed by atoms with Crippen molar-refractivity contribution < 1.29 is 15.0 Å². The molecule has 0 unspecified atom stereocenters. The van der Waals surface area contributed by atoms with E-state index in [1.165, 1.54) is 18.2 Å². The minimum Gasteiger partial charge on any atom is -0.508 e. The number of hydrogen-bond donors (Lipinski definition) is 2. The quantitative estimate of drug-likeness (QED) is 0.729. The summed E-state index contributed by atoms with van der Waals surface area (Å²) in [6.07, 6.45) is 1.70. The predicted molar refractivity (Wildman–Crippen MR) is 67.0 cm³/mol. The number of hydrogen-bond acceptors (Lipinski definition) is 4. The number of benzene rings is 1. The molecule has 0 spiro atoms. The number of nitrogens with zero attached hydrogens (tertiary/aromatic N) is 3. The van der Waals surface area contributed by atoms with Crippen LogP contribution in [0.4, 0.5) is 0 Å². The van der Waals surface area contributed by atoms with Gasteiger partial charge in [-0.15, -0.1) is 10.2 Å². The molecule has 0 amide bonds. The Labute approximate surface area is 107 Å². The lowest BCUT2D eigenvalue weighted by Gasteiger charge is -2.01. The van der Waals surface area contributed by atoms with Gasteiger partial charge in [-0.1, -0.05) is 0 Å². The van der Waals surface area contributed by atoms with Gasteiger partial charge in [0.2, 0.25) is 0 Å². The van der Waals surface area contributed by atoms with Crippen LogP contribution in [-0.2, 0) is 0 Å². The molecule has 3 rings (SSSR count). The van der Waals surface area contributed by atoms with Crippen LogP contribution in [0.5, 0.6) is 5.75 Å². The highest BCUT2D eigenvalue weighted by Crippen LogP contribution is 2.22. The first-order valence-corrected chi connectivity index (χ1v) is 5.53. The van der Waals surface area contributed by atoms with Gasteiger partial charge in [0, 0.05) is 11.8 Å². The number of carbonyl (C=O) groups is 1. The molecule has 94 valence electrons. The molecular formula is C13H9N3O3. The van der Waals surface area contributed by atoms with Crippen LogP contribution >= 0.6 is 0 Å². The van der Waals surface area contributed by atoms with Crippen molar-refractivity contribution in [2.75, 3.05) is 0 Å². The number of phenolic OH excluding ortho intramolecular Hbond substituents is 1. The average molecular weight is 255 g/mol. The predicted octanol–water partition coefficient (Wildman–Crippen LogP) is 1.80. The van der Waals surface area contributed by atoms with E-state index in [0.717, 1.165) is 5.56 Å². The summed E-state index contributed by atoms with van der Waals surface area (Å²) in [5, 5.41) is 26.3. The molecule has 6 nitrogen and oxygen atoms in total. The van der Waals surface area contributed by atoms with Crippen molar-refractivity contribution in [3.8, 4) is 17.1 Å². The van der Waals surface area contributed by atoms with Crippen LogP contribution in [0.25, 0.3) is 17.0 Å². The fraction of sp³-hybridized carbons (Fsp3) is 0. The molecule has 6 heteroatoms. The minimum atomic E-state index is -1.05. The summed E-state index contributed by atoms with van der Waals surface area (Å²) >= 11 is 0. The number of phenols is 1. The first kappa shape index (κ1) is 11.2. The van der Waals surface area contributed by atoms with Gasteiger partial charge in [-0.3, -0.25) is 4.40 Å². The summed E-state index contributed by atoms with van der Waals surface area (Å²) in [7, 11) is 0. The van der Waals surface area contributed by atoms with E-state index in [4.69, 9.17) is 5.11 Å². The molecule has 0 aliphatic rings. The maximum Gasteiger partial charge on any atom is 0.339 e. The van der Waals surface area contributed by atoms with Crippen LogP contribution in [0.15, 0.2) is 42.6 Å². The summed E-state index contributed by atoms with van der Waals surface area (Å²) < 4.78 is 1.61. The zero-order valence-corrected chi connectivity index (χ0v) is 9.69. The smallest absolute Gasteiger partial charge is 0.339 e. The SMILES string of the molecule is O=C(O)c1cccn2c(-c3ccc(O)cc3)nnc12. The summed E-state index contributed by atoms with van der Waals surface area (Å²) in [6.45, 7) is 0. The normalized spacial score (nSPS) is 10.7. The van der Waals surface area contributed by atoms with Crippen LogP contribution in [0.3, 0.4) is 0 Å². The molecule has 0 fully saturated rings. The second-order valence-electron chi connectivity index (χ2n) is 3.99. The lowest BCUT2D eigenvalue weighted by Crippen LogP contribution is -2.00. The summed E-state index contributed by atoms with van der Waals surface area (Å²) in [5.41, 5.74) is 1.13. The fourth-order valence-corrected chi connectivity index (χ4v) is 1.89. The van der Waals surface area contributed by atoms with Gasteiger partial charge in [-0.2, -0.15) is 0 Å². The van der Waals surface area contributed by atoms with E-state index in [9.17, 15) is 9.90 Å². The van der Waals surface area contributed by atoms with Crippen molar-refractivity contribution >= 4 is 11.6 Å². The number of rotatable bonds is 2. The monoisotopic (exact) mass is 255 g/mol. The Balaban J connectivity index is 2.24. The zero-order valence-electron chi connectivity index (χ0n) is 9.69. The van der Waals surface area contributed by atoms with E-state index < -0.39 is 5.97 Å². The first-order valence-electron chi connectivity index (χ1n) is 5.53. The number of fused-ring (bicyclic) bond motifs is 1. The molecule has 2 N–H and O–H groups in total. The molecule has 0 aliphatic carbocycles. The molecule has 0 atom stereocenters. The lowest BCUT2D eigenvalue weighted by molar-refractivity contribution is 0.0698. The van der Waals surface area contributed by atoms with Crippen molar-refractivity contribution in [2.45, 2.75) is 0 Å². The third-order valence-corrected chi connectivity index (χ3v) is 2.79. The van der Waals surface area contributed by atoms with Crippen LogP contribution < -0.4 is 0 Å². The summed E-state index contributed by atoms with van der Waals surface area (Å²) in [6, 6.07) is 9.57. The van der Waals surface area contributed by atoms with Crippen molar-refractivity contribution in [3.63, 3.8) is 0 Å². The molecule has 2 aromatic heterocycles. The lowest BCUT2D eigenvalue weighted by atomic mass is 10.2. The molecule has 2 heterocycles. The molecule has 0 saturated heterocycles. The third kappa shape index (κ3) is 1.79. The Hall–Kier alpha value is -2.89.